The molecule has 2 unspecified atom stereocenters. The first-order valence-corrected chi connectivity index (χ1v) is 17.8. The van der Waals surface area contributed by atoms with E-state index in [1.807, 2.05) is 24.3 Å². The summed E-state index contributed by atoms with van der Waals surface area (Å²) in [7, 11) is -1.57. The molecule has 0 radical (unpaired) electrons. The minimum atomic E-state index is -1.57. The van der Waals surface area contributed by atoms with E-state index in [4.69, 9.17) is 13.6 Å². The Morgan fingerprint density at radius 1 is 0.500 bits per heavy atom. The zero-order valence-corrected chi connectivity index (χ0v) is 27.9. The molecule has 0 fully saturated rings. The molecule has 0 N–H and O–H groups in total. The van der Waals surface area contributed by atoms with E-state index in [-0.39, 0.29) is 0 Å². The SMILES string of the molecule is CCCCCCCCCCOP(Oc1ccc(CC(C)c2ccccc2)cc1)Oc1ccc(CC(C)c2ccccc2)cc1. The van der Waals surface area contributed by atoms with Crippen LogP contribution >= 0.6 is 8.60 Å². The number of hydrogen-bond donors (Lipinski definition) is 0. The largest absolute Gasteiger partial charge is 0.463 e. The van der Waals surface area contributed by atoms with Gasteiger partial charge in [0.15, 0.2) is 0 Å². The first-order valence-electron chi connectivity index (χ1n) is 16.7. The molecule has 4 aromatic rings. The Balaban J connectivity index is 1.32. The van der Waals surface area contributed by atoms with Crippen molar-refractivity contribution >= 4 is 8.60 Å². The van der Waals surface area contributed by atoms with Crippen molar-refractivity contribution in [1.82, 2.24) is 0 Å². The molecule has 0 amide bonds. The van der Waals surface area contributed by atoms with Crippen LogP contribution in [0.15, 0.2) is 109 Å². The summed E-state index contributed by atoms with van der Waals surface area (Å²) in [6.45, 7) is 7.46. The maximum Gasteiger partial charge on any atom is 0.463 e. The normalized spacial score (nSPS) is 13.2. The average Bonchev–Trinajstić information content (AvgIpc) is 3.06. The standard InChI is InChI=1S/C40H51O3P/c1-4-5-6-7-8-9-10-17-30-41-44(42-39-26-22-35(23-27-39)31-33(2)37-18-13-11-14-19-37)43-40-28-24-36(25-29-40)32-34(3)38-20-15-12-16-21-38/h11-16,18-29,33-34H,4-10,17,30-32H2,1-3H3. The number of hydrogen-bond acceptors (Lipinski definition) is 3. The molecule has 0 bridgehead atoms. The molecule has 234 valence electrons. The van der Waals surface area contributed by atoms with Crippen LogP contribution in [0.5, 0.6) is 11.5 Å². The second-order valence-electron chi connectivity index (χ2n) is 12.0. The van der Waals surface area contributed by atoms with Crippen LogP contribution in [0.3, 0.4) is 0 Å². The predicted octanol–water partition coefficient (Wildman–Crippen LogP) is 12.2. The summed E-state index contributed by atoms with van der Waals surface area (Å²) >= 11 is 0. The summed E-state index contributed by atoms with van der Waals surface area (Å²) in [5.41, 5.74) is 5.30. The van der Waals surface area contributed by atoms with E-state index in [1.165, 1.54) is 67.2 Å². The Kier molecular flexibility index (Phi) is 14.8. The summed E-state index contributed by atoms with van der Waals surface area (Å²) in [5.74, 6) is 2.46. The third-order valence-electron chi connectivity index (χ3n) is 8.22. The van der Waals surface area contributed by atoms with Crippen LogP contribution < -0.4 is 9.05 Å². The Morgan fingerprint density at radius 3 is 1.34 bits per heavy atom. The minimum Gasteiger partial charge on any atom is -0.418 e. The highest BCUT2D eigenvalue weighted by molar-refractivity contribution is 7.42. The van der Waals surface area contributed by atoms with Crippen molar-refractivity contribution in [3.8, 4) is 11.5 Å². The van der Waals surface area contributed by atoms with Crippen LogP contribution in [-0.4, -0.2) is 6.61 Å². The summed E-state index contributed by atoms with van der Waals surface area (Å²) in [4.78, 5) is 0. The van der Waals surface area contributed by atoms with Crippen LogP contribution in [0.4, 0.5) is 0 Å². The lowest BCUT2D eigenvalue weighted by Gasteiger charge is -2.19. The fourth-order valence-corrected chi connectivity index (χ4v) is 6.51. The van der Waals surface area contributed by atoms with E-state index in [9.17, 15) is 0 Å². The fraction of sp³-hybridized carbons (Fsp3) is 0.400. The smallest absolute Gasteiger partial charge is 0.418 e. The quantitative estimate of drug-likeness (QED) is 0.0736. The molecule has 0 aromatic heterocycles. The number of rotatable bonds is 20. The lowest BCUT2D eigenvalue weighted by molar-refractivity contribution is 0.258. The zero-order chi connectivity index (χ0) is 30.8. The van der Waals surface area contributed by atoms with Crippen molar-refractivity contribution in [1.29, 1.82) is 0 Å². The van der Waals surface area contributed by atoms with Crippen molar-refractivity contribution in [3.05, 3.63) is 131 Å². The molecule has 0 saturated carbocycles. The van der Waals surface area contributed by atoms with Gasteiger partial charge in [-0.2, -0.15) is 0 Å². The van der Waals surface area contributed by atoms with E-state index >= 15 is 0 Å². The highest BCUT2D eigenvalue weighted by Gasteiger charge is 2.18. The van der Waals surface area contributed by atoms with Gasteiger partial charge in [0.1, 0.15) is 11.5 Å². The summed E-state index contributed by atoms with van der Waals surface area (Å²) in [6.07, 6.45) is 12.1. The first kappa shape index (κ1) is 33.8. The summed E-state index contributed by atoms with van der Waals surface area (Å²) < 4.78 is 18.8. The van der Waals surface area contributed by atoms with Gasteiger partial charge in [0, 0.05) is 0 Å². The molecule has 4 aromatic carbocycles. The number of unbranched alkanes of at least 4 members (excludes halogenated alkanes) is 7. The highest BCUT2D eigenvalue weighted by Crippen LogP contribution is 2.42. The molecule has 0 heterocycles. The lowest BCUT2D eigenvalue weighted by atomic mass is 9.94. The van der Waals surface area contributed by atoms with Crippen LogP contribution in [-0.2, 0) is 17.4 Å². The van der Waals surface area contributed by atoms with Gasteiger partial charge in [0.2, 0.25) is 0 Å². The molecule has 0 spiro atoms. The predicted molar refractivity (Wildman–Crippen MR) is 187 cm³/mol. The van der Waals surface area contributed by atoms with Gasteiger partial charge in [-0.15, -0.1) is 0 Å². The number of benzene rings is 4. The molecule has 0 saturated heterocycles. The van der Waals surface area contributed by atoms with Gasteiger partial charge in [-0.25, -0.2) is 0 Å². The Labute approximate surface area is 268 Å². The van der Waals surface area contributed by atoms with Crippen molar-refractivity contribution in [3.63, 3.8) is 0 Å². The molecular weight excluding hydrogens is 559 g/mol. The van der Waals surface area contributed by atoms with E-state index in [1.54, 1.807) is 0 Å². The van der Waals surface area contributed by atoms with E-state index in [2.05, 4.69) is 106 Å². The van der Waals surface area contributed by atoms with E-state index < -0.39 is 8.60 Å². The van der Waals surface area contributed by atoms with Crippen molar-refractivity contribution in [2.75, 3.05) is 6.61 Å². The van der Waals surface area contributed by atoms with Crippen LogP contribution in [0.25, 0.3) is 0 Å². The van der Waals surface area contributed by atoms with Crippen LogP contribution in [0.1, 0.15) is 106 Å². The third kappa shape index (κ3) is 12.1. The molecule has 4 heteroatoms. The highest BCUT2D eigenvalue weighted by atomic mass is 31.2. The zero-order valence-electron chi connectivity index (χ0n) is 27.0. The van der Waals surface area contributed by atoms with Gasteiger partial charge >= 0.3 is 8.60 Å². The van der Waals surface area contributed by atoms with Gasteiger partial charge in [-0.05, 0) is 77.6 Å². The van der Waals surface area contributed by atoms with E-state index in [0.29, 0.717) is 18.4 Å². The van der Waals surface area contributed by atoms with Crippen molar-refractivity contribution < 1.29 is 13.6 Å². The molecule has 0 aliphatic rings. The Bertz CT molecular complexity index is 1200. The molecule has 44 heavy (non-hydrogen) atoms. The van der Waals surface area contributed by atoms with Gasteiger partial charge in [-0.3, -0.25) is 4.52 Å². The minimum absolute atomic E-state index is 0.456. The van der Waals surface area contributed by atoms with E-state index in [0.717, 1.165) is 30.8 Å². The molecular formula is C40H51O3P. The van der Waals surface area contributed by atoms with Crippen LogP contribution in [0.2, 0.25) is 0 Å². The Hall–Kier alpha value is -3.13. The Morgan fingerprint density at radius 2 is 0.909 bits per heavy atom. The van der Waals surface area contributed by atoms with Gasteiger partial charge in [0.25, 0.3) is 0 Å². The first-order chi connectivity index (χ1) is 21.6. The van der Waals surface area contributed by atoms with Gasteiger partial charge in [0.05, 0.1) is 6.61 Å². The maximum absolute atomic E-state index is 6.31. The molecule has 0 aliphatic carbocycles. The maximum atomic E-state index is 6.31. The molecule has 2 atom stereocenters. The molecule has 0 aliphatic heterocycles. The van der Waals surface area contributed by atoms with Crippen molar-refractivity contribution in [2.24, 2.45) is 0 Å². The fourth-order valence-electron chi connectivity index (χ4n) is 5.50. The molecule has 4 rings (SSSR count). The molecule has 3 nitrogen and oxygen atoms in total. The van der Waals surface area contributed by atoms with Crippen LogP contribution in [0, 0.1) is 0 Å². The van der Waals surface area contributed by atoms with Crippen molar-refractivity contribution in [2.45, 2.75) is 96.8 Å². The third-order valence-corrected chi connectivity index (χ3v) is 9.34. The second-order valence-corrected chi connectivity index (χ2v) is 13.1. The monoisotopic (exact) mass is 610 g/mol. The summed E-state index contributed by atoms with van der Waals surface area (Å²) in [6, 6.07) is 38.2. The second kappa shape index (κ2) is 19.3. The topological polar surface area (TPSA) is 27.7 Å². The van der Waals surface area contributed by atoms with Gasteiger partial charge < -0.3 is 9.05 Å². The van der Waals surface area contributed by atoms with Gasteiger partial charge in [-0.1, -0.05) is 151 Å². The lowest BCUT2D eigenvalue weighted by Crippen LogP contribution is -2.03. The summed E-state index contributed by atoms with van der Waals surface area (Å²) in [5, 5.41) is 0. The average molecular weight is 611 g/mol.